The van der Waals surface area contributed by atoms with Crippen LogP contribution in [0.25, 0.3) is 6.08 Å². The molecule has 2 aromatic rings. The van der Waals surface area contributed by atoms with E-state index in [-0.39, 0.29) is 17.9 Å². The summed E-state index contributed by atoms with van der Waals surface area (Å²) in [5.41, 5.74) is -0.889. The summed E-state index contributed by atoms with van der Waals surface area (Å²) in [7, 11) is -3.72. The molecule has 0 aliphatic heterocycles. The lowest BCUT2D eigenvalue weighted by atomic mass is 10.1. The van der Waals surface area contributed by atoms with E-state index in [1.165, 1.54) is 24.4 Å². The maximum absolute atomic E-state index is 12.8. The van der Waals surface area contributed by atoms with Gasteiger partial charge in [-0.2, -0.15) is 13.2 Å². The summed E-state index contributed by atoms with van der Waals surface area (Å²) in [6.45, 7) is -0.195. The van der Waals surface area contributed by atoms with E-state index in [0.717, 1.165) is 18.2 Å². The molecule has 0 saturated carbocycles. The van der Waals surface area contributed by atoms with Crippen LogP contribution in [0.3, 0.4) is 0 Å². The van der Waals surface area contributed by atoms with E-state index in [0.29, 0.717) is 0 Å². The Morgan fingerprint density at radius 3 is 2.61 bits per heavy atom. The van der Waals surface area contributed by atoms with Crippen molar-refractivity contribution in [3.05, 3.63) is 64.8 Å². The topological polar surface area (TPSA) is 88.2 Å². The normalized spacial score (nSPS) is 12.1. The minimum absolute atomic E-state index is 0.122. The molecule has 0 aliphatic carbocycles. The molecule has 2 rings (SSSR count). The van der Waals surface area contributed by atoms with Crippen molar-refractivity contribution in [1.29, 1.82) is 0 Å². The lowest BCUT2D eigenvalue weighted by Crippen LogP contribution is -2.30. The van der Waals surface area contributed by atoms with Crippen molar-refractivity contribution in [2.45, 2.75) is 6.18 Å². The fourth-order valence-electron chi connectivity index (χ4n) is 2.04. The average molecular weight is 434 g/mol. The lowest BCUT2D eigenvalue weighted by molar-refractivity contribution is -0.137. The molecule has 150 valence electrons. The van der Waals surface area contributed by atoms with Crippen LogP contribution in [-0.4, -0.2) is 31.6 Å². The maximum atomic E-state index is 12.8. The molecule has 1 aromatic carbocycles. The summed E-state index contributed by atoms with van der Waals surface area (Å²) in [6, 6.07) is 7.93. The Bertz CT molecular complexity index is 965. The zero-order chi connectivity index (χ0) is 20.8. The lowest BCUT2D eigenvalue weighted by Gasteiger charge is -2.09. The molecule has 0 saturated heterocycles. The fourth-order valence-corrected chi connectivity index (χ4v) is 3.17. The highest BCUT2D eigenvalue weighted by Gasteiger charge is 2.33. The first kappa shape index (κ1) is 21.7. The standard InChI is InChI=1S/C17H15ClF3N3O3S/c18-14-6-4-12(11-13(14)17(19,20)21)5-7-16(25)23-9-10-28(26,27)24-15-3-1-2-8-22-15/h1-8,11H,9-10H2,(H,22,24)(H,23,25)/b7-5+. The number of benzene rings is 1. The number of amides is 1. The zero-order valence-electron chi connectivity index (χ0n) is 14.2. The number of alkyl halides is 3. The van der Waals surface area contributed by atoms with Crippen molar-refractivity contribution in [1.82, 2.24) is 10.3 Å². The van der Waals surface area contributed by atoms with Crippen LogP contribution in [0.4, 0.5) is 19.0 Å². The largest absolute Gasteiger partial charge is 0.417 e. The molecule has 0 fully saturated rings. The number of sulfonamides is 1. The molecule has 1 heterocycles. The van der Waals surface area contributed by atoms with E-state index < -0.39 is 38.4 Å². The number of carbonyl (C=O) groups excluding carboxylic acids is 1. The van der Waals surface area contributed by atoms with Gasteiger partial charge in [0, 0.05) is 18.8 Å². The van der Waals surface area contributed by atoms with Crippen LogP contribution >= 0.6 is 11.6 Å². The molecule has 11 heteroatoms. The summed E-state index contributed by atoms with van der Waals surface area (Å²) >= 11 is 5.52. The Morgan fingerprint density at radius 2 is 1.96 bits per heavy atom. The molecule has 0 bridgehead atoms. The van der Waals surface area contributed by atoms with Crippen molar-refractivity contribution in [2.24, 2.45) is 0 Å². The second-order valence-electron chi connectivity index (χ2n) is 5.50. The molecule has 0 radical (unpaired) electrons. The molecule has 0 aliphatic rings. The smallest absolute Gasteiger partial charge is 0.351 e. The van der Waals surface area contributed by atoms with Gasteiger partial charge in [0.05, 0.1) is 16.3 Å². The first-order valence-electron chi connectivity index (χ1n) is 7.81. The Balaban J connectivity index is 1.89. The van der Waals surface area contributed by atoms with E-state index in [1.807, 2.05) is 0 Å². The SMILES string of the molecule is O=C(/C=C/c1ccc(Cl)c(C(F)(F)F)c1)NCCS(=O)(=O)Nc1ccccn1. The summed E-state index contributed by atoms with van der Waals surface area (Å²) < 4.78 is 64.4. The van der Waals surface area contributed by atoms with Crippen LogP contribution in [0, 0.1) is 0 Å². The third-order valence-corrected chi connectivity index (χ3v) is 4.91. The van der Waals surface area contributed by atoms with Crippen LogP contribution in [0.1, 0.15) is 11.1 Å². The number of anilines is 1. The molecule has 1 aromatic heterocycles. The van der Waals surface area contributed by atoms with Gasteiger partial charge in [0.15, 0.2) is 0 Å². The Labute approximate surface area is 164 Å². The molecule has 28 heavy (non-hydrogen) atoms. The minimum atomic E-state index is -4.61. The van der Waals surface area contributed by atoms with Gasteiger partial charge < -0.3 is 5.32 Å². The van der Waals surface area contributed by atoms with E-state index in [2.05, 4.69) is 15.0 Å². The van der Waals surface area contributed by atoms with Gasteiger partial charge in [-0.15, -0.1) is 0 Å². The molecular weight excluding hydrogens is 419 g/mol. The third kappa shape index (κ3) is 6.86. The highest BCUT2D eigenvalue weighted by atomic mass is 35.5. The quantitative estimate of drug-likeness (QED) is 0.656. The first-order chi connectivity index (χ1) is 13.1. The fraction of sp³-hybridized carbons (Fsp3) is 0.176. The molecular formula is C17H15ClF3N3O3S. The number of rotatable bonds is 7. The number of nitrogens with one attached hydrogen (secondary N) is 2. The summed E-state index contributed by atoms with van der Waals surface area (Å²) in [5, 5.41) is 1.89. The molecule has 0 spiro atoms. The zero-order valence-corrected chi connectivity index (χ0v) is 15.8. The number of nitrogens with zero attached hydrogens (tertiary/aromatic N) is 1. The monoisotopic (exact) mass is 433 g/mol. The second kappa shape index (κ2) is 9.07. The van der Waals surface area contributed by atoms with E-state index in [1.54, 1.807) is 12.1 Å². The third-order valence-electron chi connectivity index (χ3n) is 3.32. The minimum Gasteiger partial charge on any atom is -0.351 e. The van der Waals surface area contributed by atoms with E-state index in [4.69, 9.17) is 11.6 Å². The summed E-state index contributed by atoms with van der Waals surface area (Å²) in [4.78, 5) is 15.6. The molecule has 0 atom stereocenters. The molecule has 1 amide bonds. The molecule has 0 unspecified atom stereocenters. The van der Waals surface area contributed by atoms with Gasteiger partial charge >= 0.3 is 6.18 Å². The van der Waals surface area contributed by atoms with Crippen LogP contribution in [0.2, 0.25) is 5.02 Å². The highest BCUT2D eigenvalue weighted by Crippen LogP contribution is 2.35. The predicted molar refractivity (Wildman–Crippen MR) is 100 cm³/mol. The van der Waals surface area contributed by atoms with Crippen molar-refractivity contribution in [3.8, 4) is 0 Å². The average Bonchev–Trinajstić information content (AvgIpc) is 2.60. The van der Waals surface area contributed by atoms with E-state index >= 15 is 0 Å². The second-order valence-corrected chi connectivity index (χ2v) is 7.75. The summed E-state index contributed by atoms with van der Waals surface area (Å²) in [5.74, 6) is -0.907. The van der Waals surface area contributed by atoms with Gasteiger partial charge in [-0.1, -0.05) is 23.7 Å². The van der Waals surface area contributed by atoms with Crippen molar-refractivity contribution < 1.29 is 26.4 Å². The summed E-state index contributed by atoms with van der Waals surface area (Å²) in [6.07, 6.45) is -1.02. The van der Waals surface area contributed by atoms with Crippen LogP contribution in [0.15, 0.2) is 48.7 Å². The highest BCUT2D eigenvalue weighted by molar-refractivity contribution is 7.92. The molecule has 2 N–H and O–H groups in total. The van der Waals surface area contributed by atoms with Crippen LogP contribution in [-0.2, 0) is 21.0 Å². The van der Waals surface area contributed by atoms with Gasteiger partial charge in [0.1, 0.15) is 5.82 Å². The van der Waals surface area contributed by atoms with Crippen LogP contribution in [0.5, 0.6) is 0 Å². The van der Waals surface area contributed by atoms with Gasteiger partial charge in [-0.25, -0.2) is 13.4 Å². The van der Waals surface area contributed by atoms with Gasteiger partial charge in [0.25, 0.3) is 0 Å². The Kier molecular flexibility index (Phi) is 7.03. The molecule has 6 nitrogen and oxygen atoms in total. The first-order valence-corrected chi connectivity index (χ1v) is 9.84. The number of carbonyl (C=O) groups is 1. The Hall–Kier alpha value is -2.59. The number of pyridine rings is 1. The Morgan fingerprint density at radius 1 is 1.21 bits per heavy atom. The van der Waals surface area contributed by atoms with E-state index in [9.17, 15) is 26.4 Å². The number of hydrogen-bond acceptors (Lipinski definition) is 4. The van der Waals surface area contributed by atoms with Gasteiger partial charge in [0.2, 0.25) is 15.9 Å². The number of hydrogen-bond donors (Lipinski definition) is 2. The van der Waals surface area contributed by atoms with Crippen molar-refractivity contribution in [3.63, 3.8) is 0 Å². The van der Waals surface area contributed by atoms with Crippen molar-refractivity contribution in [2.75, 3.05) is 17.0 Å². The number of aromatic nitrogens is 1. The predicted octanol–water partition coefficient (Wildman–Crippen LogP) is 3.33. The maximum Gasteiger partial charge on any atom is 0.417 e. The van der Waals surface area contributed by atoms with Crippen molar-refractivity contribution >= 4 is 39.4 Å². The van der Waals surface area contributed by atoms with Gasteiger partial charge in [-0.3, -0.25) is 9.52 Å². The van der Waals surface area contributed by atoms with Crippen LogP contribution < -0.4 is 10.0 Å². The van der Waals surface area contributed by atoms with Gasteiger partial charge in [-0.05, 0) is 35.9 Å². The number of halogens is 4.